The van der Waals surface area contributed by atoms with Gasteiger partial charge in [0.25, 0.3) is 5.91 Å². The number of fused-ring (bicyclic) bond motifs is 1. The molecule has 2 N–H and O–H groups in total. The summed E-state index contributed by atoms with van der Waals surface area (Å²) in [5.41, 5.74) is 3.72. The number of aromatic amines is 1. The van der Waals surface area contributed by atoms with Crippen LogP contribution in [0, 0.1) is 0 Å². The van der Waals surface area contributed by atoms with Gasteiger partial charge in [-0.05, 0) is 24.6 Å². The normalized spacial score (nSPS) is 11.0. The molecule has 0 aliphatic heterocycles. The summed E-state index contributed by atoms with van der Waals surface area (Å²) in [6, 6.07) is 15.5. The maximum Gasteiger partial charge on any atom is 0.275 e. The molecule has 6 nitrogen and oxygen atoms in total. The lowest BCUT2D eigenvalue weighted by Crippen LogP contribution is -2.18. The lowest BCUT2D eigenvalue weighted by atomic mass is 10.2. The van der Waals surface area contributed by atoms with Gasteiger partial charge in [0, 0.05) is 17.8 Å². The molecular weight excluding hydrogens is 362 g/mol. The predicted octanol–water partition coefficient (Wildman–Crippen LogP) is 4.74. The predicted molar refractivity (Wildman–Crippen MR) is 107 cm³/mol. The minimum atomic E-state index is -0.284. The van der Waals surface area contributed by atoms with Gasteiger partial charge in [-0.1, -0.05) is 48.9 Å². The number of hydrogen-bond acceptors (Lipinski definition) is 3. The number of aromatic nitrogens is 4. The lowest BCUT2D eigenvalue weighted by molar-refractivity contribution is 0.101. The average Bonchev–Trinajstić information content (AvgIpc) is 3.26. The number of aryl methyl sites for hydroxylation is 1. The quantitative estimate of drug-likeness (QED) is 0.525. The van der Waals surface area contributed by atoms with Crippen molar-refractivity contribution in [1.29, 1.82) is 0 Å². The zero-order valence-corrected chi connectivity index (χ0v) is 15.5. The van der Waals surface area contributed by atoms with Gasteiger partial charge < -0.3 is 10.3 Å². The summed E-state index contributed by atoms with van der Waals surface area (Å²) in [4.78, 5) is 20.6. The molecule has 0 bridgehead atoms. The number of nitrogens with one attached hydrogen (secondary N) is 2. The van der Waals surface area contributed by atoms with Crippen LogP contribution in [-0.2, 0) is 6.54 Å². The Kier molecular flexibility index (Phi) is 4.64. The van der Waals surface area contributed by atoms with Gasteiger partial charge in [0.1, 0.15) is 11.5 Å². The molecule has 0 atom stereocenters. The molecule has 0 saturated carbocycles. The van der Waals surface area contributed by atoms with Crippen LogP contribution < -0.4 is 5.32 Å². The molecule has 0 aliphatic carbocycles. The van der Waals surface area contributed by atoms with E-state index in [1.54, 1.807) is 4.68 Å². The average molecular weight is 380 g/mol. The van der Waals surface area contributed by atoms with E-state index in [2.05, 4.69) is 20.4 Å². The van der Waals surface area contributed by atoms with E-state index in [-0.39, 0.29) is 5.91 Å². The fraction of sp³-hybridized carbons (Fsp3) is 0.150. The summed E-state index contributed by atoms with van der Waals surface area (Å²) < 4.78 is 1.62. The highest BCUT2D eigenvalue weighted by molar-refractivity contribution is 6.34. The van der Waals surface area contributed by atoms with Crippen LogP contribution in [0.25, 0.3) is 22.4 Å². The van der Waals surface area contributed by atoms with Gasteiger partial charge in [-0.3, -0.25) is 9.48 Å². The molecule has 0 aliphatic rings. The van der Waals surface area contributed by atoms with E-state index >= 15 is 0 Å². The minimum Gasteiger partial charge on any atom is -0.338 e. The van der Waals surface area contributed by atoms with E-state index in [1.165, 1.54) is 6.20 Å². The summed E-state index contributed by atoms with van der Waals surface area (Å²) in [6.45, 7) is 2.66. The number of amides is 1. The molecule has 1 amide bonds. The second-order valence-electron chi connectivity index (χ2n) is 6.20. The third-order valence-corrected chi connectivity index (χ3v) is 4.51. The molecule has 0 saturated heterocycles. The number of carbonyl (C=O) groups excluding carboxylic acids is 1. The molecule has 0 spiro atoms. The Bertz CT molecular complexity index is 1100. The number of hydrogen-bond donors (Lipinski definition) is 2. The maximum absolute atomic E-state index is 12.7. The number of anilines is 1. The summed E-state index contributed by atoms with van der Waals surface area (Å²) in [5, 5.41) is 7.40. The van der Waals surface area contributed by atoms with E-state index in [1.807, 2.05) is 55.5 Å². The number of nitrogens with zero attached hydrogens (tertiary/aromatic N) is 3. The number of carbonyl (C=O) groups is 1. The van der Waals surface area contributed by atoms with Gasteiger partial charge in [-0.15, -0.1) is 0 Å². The zero-order valence-electron chi connectivity index (χ0n) is 14.7. The fourth-order valence-corrected chi connectivity index (χ4v) is 3.21. The molecule has 7 heteroatoms. The SMILES string of the molecule is CCCn1ncc(Cl)c1C(=O)Nc1ccc2nc(-c3ccccc3)[nH]c2c1. The molecule has 27 heavy (non-hydrogen) atoms. The van der Waals surface area contributed by atoms with Crippen LogP contribution in [0.2, 0.25) is 5.02 Å². The van der Waals surface area contributed by atoms with Crippen LogP contribution in [0.3, 0.4) is 0 Å². The van der Waals surface area contributed by atoms with E-state index in [0.29, 0.717) is 22.9 Å². The Morgan fingerprint density at radius 1 is 1.22 bits per heavy atom. The van der Waals surface area contributed by atoms with Crippen LogP contribution in [0.5, 0.6) is 0 Å². The smallest absolute Gasteiger partial charge is 0.275 e. The van der Waals surface area contributed by atoms with Gasteiger partial charge in [0.05, 0.1) is 22.3 Å². The van der Waals surface area contributed by atoms with Crippen LogP contribution in [0.1, 0.15) is 23.8 Å². The Morgan fingerprint density at radius 2 is 2.04 bits per heavy atom. The number of rotatable bonds is 5. The highest BCUT2D eigenvalue weighted by Gasteiger charge is 2.17. The van der Waals surface area contributed by atoms with E-state index in [9.17, 15) is 4.79 Å². The Hall–Kier alpha value is -3.12. The fourth-order valence-electron chi connectivity index (χ4n) is 2.98. The van der Waals surface area contributed by atoms with Crippen molar-refractivity contribution in [2.75, 3.05) is 5.32 Å². The molecule has 4 rings (SSSR count). The lowest BCUT2D eigenvalue weighted by Gasteiger charge is -2.08. The molecule has 0 unspecified atom stereocenters. The van der Waals surface area contributed by atoms with Gasteiger partial charge in [-0.25, -0.2) is 4.98 Å². The van der Waals surface area contributed by atoms with Crippen LogP contribution in [0.15, 0.2) is 54.7 Å². The van der Waals surface area contributed by atoms with Gasteiger partial charge in [0.15, 0.2) is 0 Å². The van der Waals surface area contributed by atoms with Crippen molar-refractivity contribution in [1.82, 2.24) is 19.7 Å². The van der Waals surface area contributed by atoms with Crippen molar-refractivity contribution in [2.24, 2.45) is 0 Å². The van der Waals surface area contributed by atoms with Crippen molar-refractivity contribution in [3.63, 3.8) is 0 Å². The van der Waals surface area contributed by atoms with Crippen molar-refractivity contribution in [3.8, 4) is 11.4 Å². The zero-order chi connectivity index (χ0) is 18.8. The first kappa shape index (κ1) is 17.3. The molecule has 2 aromatic heterocycles. The molecule has 2 aromatic carbocycles. The molecule has 0 radical (unpaired) electrons. The first-order chi connectivity index (χ1) is 13.2. The first-order valence-corrected chi connectivity index (χ1v) is 9.11. The first-order valence-electron chi connectivity index (χ1n) is 8.73. The molecule has 2 heterocycles. The van der Waals surface area contributed by atoms with Gasteiger partial charge in [-0.2, -0.15) is 5.10 Å². The summed E-state index contributed by atoms with van der Waals surface area (Å²) in [5.74, 6) is 0.506. The van der Waals surface area contributed by atoms with Crippen molar-refractivity contribution >= 4 is 34.2 Å². The summed E-state index contributed by atoms with van der Waals surface area (Å²) in [7, 11) is 0. The Morgan fingerprint density at radius 3 is 2.81 bits per heavy atom. The minimum absolute atomic E-state index is 0.284. The largest absolute Gasteiger partial charge is 0.338 e. The third kappa shape index (κ3) is 3.44. The standard InChI is InChI=1S/C20H18ClN5O/c1-2-10-26-18(15(21)12-22-26)20(27)23-14-8-9-16-17(11-14)25-19(24-16)13-6-4-3-5-7-13/h3-9,11-12H,2,10H2,1H3,(H,23,27)(H,24,25). The maximum atomic E-state index is 12.7. The molecular formula is C20H18ClN5O. The second kappa shape index (κ2) is 7.25. The van der Waals surface area contributed by atoms with Crippen LogP contribution in [0.4, 0.5) is 5.69 Å². The van der Waals surface area contributed by atoms with Crippen LogP contribution in [-0.4, -0.2) is 25.7 Å². The summed E-state index contributed by atoms with van der Waals surface area (Å²) in [6.07, 6.45) is 2.36. The summed E-state index contributed by atoms with van der Waals surface area (Å²) >= 11 is 6.15. The van der Waals surface area contributed by atoms with Gasteiger partial charge in [0.2, 0.25) is 0 Å². The Balaban J connectivity index is 1.61. The van der Waals surface area contributed by atoms with Crippen molar-refractivity contribution in [2.45, 2.75) is 19.9 Å². The highest BCUT2D eigenvalue weighted by Crippen LogP contribution is 2.24. The third-order valence-electron chi connectivity index (χ3n) is 4.23. The van der Waals surface area contributed by atoms with Gasteiger partial charge >= 0.3 is 0 Å². The second-order valence-corrected chi connectivity index (χ2v) is 6.61. The van der Waals surface area contributed by atoms with Crippen molar-refractivity contribution < 1.29 is 4.79 Å². The molecule has 4 aromatic rings. The highest BCUT2D eigenvalue weighted by atomic mass is 35.5. The number of imidazole rings is 1. The monoisotopic (exact) mass is 379 g/mol. The molecule has 0 fully saturated rings. The topological polar surface area (TPSA) is 75.6 Å². The Labute approximate surface area is 161 Å². The number of halogens is 1. The number of benzene rings is 2. The van der Waals surface area contributed by atoms with Crippen molar-refractivity contribution in [3.05, 3.63) is 65.4 Å². The van der Waals surface area contributed by atoms with E-state index in [4.69, 9.17) is 11.6 Å². The van der Waals surface area contributed by atoms with Crippen LogP contribution >= 0.6 is 11.6 Å². The molecule has 136 valence electrons. The number of H-pyrrole nitrogens is 1. The van der Waals surface area contributed by atoms with E-state index in [0.717, 1.165) is 28.8 Å². The van der Waals surface area contributed by atoms with E-state index < -0.39 is 0 Å².